The van der Waals surface area contributed by atoms with E-state index in [4.69, 9.17) is 28.2 Å². The third kappa shape index (κ3) is 2.15. The zero-order valence-corrected chi connectivity index (χ0v) is 12.9. The first-order valence-electron chi connectivity index (χ1n) is 6.89. The molecule has 0 N–H and O–H groups in total. The van der Waals surface area contributed by atoms with Gasteiger partial charge >= 0.3 is 0 Å². The van der Waals surface area contributed by atoms with Gasteiger partial charge in [0.2, 0.25) is 0 Å². The largest absolute Gasteiger partial charge is 0.356 e. The molecular weight excluding hydrogens is 279 g/mol. The number of fused-ring (bicyclic) bond motifs is 2. The zero-order valence-electron chi connectivity index (χ0n) is 11.4. The summed E-state index contributed by atoms with van der Waals surface area (Å²) in [6.45, 7) is 6.04. The standard InChI is InChI=1S/C15H18Cl2N2/c1-9-10(2)15-11(14(17)13(9)16)8-19-7-5-3-4-6-12(19)18-15/h3-8H2,1-2H3. The topological polar surface area (TPSA) is 15.6 Å². The molecule has 0 saturated carbocycles. The highest BCUT2D eigenvalue weighted by atomic mass is 35.5. The molecule has 0 bridgehead atoms. The average Bonchev–Trinajstić information content (AvgIpc) is 2.65. The Kier molecular flexibility index (Phi) is 3.48. The molecule has 102 valence electrons. The van der Waals surface area contributed by atoms with Crippen LogP contribution in [0.1, 0.15) is 42.4 Å². The molecule has 0 aliphatic carbocycles. The lowest BCUT2D eigenvalue weighted by Gasteiger charge is -2.31. The molecule has 1 aromatic rings. The highest BCUT2D eigenvalue weighted by Gasteiger charge is 2.26. The van der Waals surface area contributed by atoms with Gasteiger partial charge in [-0.1, -0.05) is 29.6 Å². The van der Waals surface area contributed by atoms with E-state index in [1.54, 1.807) is 0 Å². The molecule has 0 spiro atoms. The number of rotatable bonds is 0. The Hall–Kier alpha value is -0.730. The van der Waals surface area contributed by atoms with E-state index in [-0.39, 0.29) is 0 Å². The van der Waals surface area contributed by atoms with Crippen LogP contribution in [0.25, 0.3) is 0 Å². The number of aliphatic imine (C=N–C) groups is 1. The van der Waals surface area contributed by atoms with E-state index < -0.39 is 0 Å². The van der Waals surface area contributed by atoms with Crippen LogP contribution in [-0.2, 0) is 6.54 Å². The van der Waals surface area contributed by atoms with E-state index in [1.165, 1.54) is 30.7 Å². The first-order valence-corrected chi connectivity index (χ1v) is 7.64. The molecule has 2 aliphatic rings. The molecule has 2 heterocycles. The van der Waals surface area contributed by atoms with Gasteiger partial charge < -0.3 is 4.90 Å². The van der Waals surface area contributed by atoms with Crippen molar-refractivity contribution in [2.75, 3.05) is 6.54 Å². The lowest BCUT2D eigenvalue weighted by atomic mass is 10.0. The molecule has 19 heavy (non-hydrogen) atoms. The molecule has 3 rings (SSSR count). The van der Waals surface area contributed by atoms with Crippen LogP contribution in [0.4, 0.5) is 5.69 Å². The first-order chi connectivity index (χ1) is 9.09. The second kappa shape index (κ2) is 4.99. The Balaban J connectivity index is 2.16. The van der Waals surface area contributed by atoms with Gasteiger partial charge in [-0.05, 0) is 37.8 Å². The van der Waals surface area contributed by atoms with Gasteiger partial charge in [-0.25, -0.2) is 4.99 Å². The minimum Gasteiger partial charge on any atom is -0.356 e. The number of halogens is 2. The molecule has 1 aromatic carbocycles. The fourth-order valence-electron chi connectivity index (χ4n) is 2.93. The fourth-order valence-corrected chi connectivity index (χ4v) is 3.48. The van der Waals surface area contributed by atoms with Crippen LogP contribution in [-0.4, -0.2) is 17.3 Å². The second-order valence-corrected chi connectivity index (χ2v) is 6.22. The van der Waals surface area contributed by atoms with Gasteiger partial charge in [-0.15, -0.1) is 0 Å². The van der Waals surface area contributed by atoms with Crippen LogP contribution < -0.4 is 0 Å². The quantitative estimate of drug-likeness (QED) is 0.655. The van der Waals surface area contributed by atoms with Gasteiger partial charge in [-0.2, -0.15) is 0 Å². The summed E-state index contributed by atoms with van der Waals surface area (Å²) in [5.74, 6) is 1.23. The number of benzene rings is 1. The summed E-state index contributed by atoms with van der Waals surface area (Å²) in [6.07, 6.45) is 4.85. The van der Waals surface area contributed by atoms with Gasteiger partial charge in [-0.3, -0.25) is 0 Å². The van der Waals surface area contributed by atoms with E-state index in [2.05, 4.69) is 11.8 Å². The van der Waals surface area contributed by atoms with Crippen LogP contribution in [0.3, 0.4) is 0 Å². The normalized spacial score (nSPS) is 18.5. The molecular formula is C15H18Cl2N2. The summed E-state index contributed by atoms with van der Waals surface area (Å²) in [4.78, 5) is 7.26. The molecule has 2 nitrogen and oxygen atoms in total. The van der Waals surface area contributed by atoms with E-state index in [0.717, 1.165) is 36.3 Å². The molecule has 2 aliphatic heterocycles. The van der Waals surface area contributed by atoms with E-state index in [9.17, 15) is 0 Å². The zero-order chi connectivity index (χ0) is 13.6. The number of nitrogens with zero attached hydrogens (tertiary/aromatic N) is 2. The van der Waals surface area contributed by atoms with Crippen molar-refractivity contribution in [3.8, 4) is 0 Å². The van der Waals surface area contributed by atoms with Crippen LogP contribution in [0.5, 0.6) is 0 Å². The van der Waals surface area contributed by atoms with Crippen LogP contribution in [0.15, 0.2) is 4.99 Å². The van der Waals surface area contributed by atoms with E-state index in [1.807, 2.05) is 6.92 Å². The first kappa shape index (κ1) is 13.3. The fraction of sp³-hybridized carbons (Fsp3) is 0.533. The highest BCUT2D eigenvalue weighted by molar-refractivity contribution is 6.43. The maximum Gasteiger partial charge on any atom is 0.105 e. The summed E-state index contributed by atoms with van der Waals surface area (Å²) in [7, 11) is 0. The van der Waals surface area contributed by atoms with Crippen molar-refractivity contribution in [2.45, 2.75) is 46.1 Å². The monoisotopic (exact) mass is 296 g/mol. The summed E-state index contributed by atoms with van der Waals surface area (Å²) >= 11 is 12.8. The average molecular weight is 297 g/mol. The van der Waals surface area contributed by atoms with Gasteiger partial charge in [0.25, 0.3) is 0 Å². The number of amidine groups is 1. The molecule has 0 amide bonds. The maximum atomic E-state index is 6.43. The minimum absolute atomic E-state index is 0.686. The third-order valence-electron chi connectivity index (χ3n) is 4.27. The van der Waals surface area contributed by atoms with Gasteiger partial charge in [0.15, 0.2) is 0 Å². The molecule has 0 radical (unpaired) electrons. The van der Waals surface area contributed by atoms with E-state index in [0.29, 0.717) is 10.0 Å². The number of hydrogen-bond acceptors (Lipinski definition) is 2. The molecule has 0 aromatic heterocycles. The van der Waals surface area contributed by atoms with Crippen molar-refractivity contribution in [1.29, 1.82) is 0 Å². The van der Waals surface area contributed by atoms with Crippen molar-refractivity contribution >= 4 is 34.7 Å². The van der Waals surface area contributed by atoms with Crippen molar-refractivity contribution in [3.63, 3.8) is 0 Å². The van der Waals surface area contributed by atoms with Crippen LogP contribution in [0, 0.1) is 13.8 Å². The third-order valence-corrected chi connectivity index (χ3v) is 5.26. The Labute approximate surface area is 124 Å². The Morgan fingerprint density at radius 1 is 1.00 bits per heavy atom. The van der Waals surface area contributed by atoms with Crippen molar-refractivity contribution in [3.05, 3.63) is 26.7 Å². The van der Waals surface area contributed by atoms with Crippen molar-refractivity contribution in [1.82, 2.24) is 4.90 Å². The van der Waals surface area contributed by atoms with Crippen LogP contribution in [0.2, 0.25) is 10.0 Å². The lowest BCUT2D eigenvalue weighted by molar-refractivity contribution is 0.403. The lowest BCUT2D eigenvalue weighted by Crippen LogP contribution is -2.32. The number of hydrogen-bond donors (Lipinski definition) is 0. The molecule has 1 saturated heterocycles. The van der Waals surface area contributed by atoms with Crippen molar-refractivity contribution in [2.24, 2.45) is 4.99 Å². The summed E-state index contributed by atoms with van der Waals surface area (Å²) in [6, 6.07) is 0. The highest BCUT2D eigenvalue weighted by Crippen LogP contribution is 2.42. The van der Waals surface area contributed by atoms with E-state index >= 15 is 0 Å². The Bertz CT molecular complexity index is 564. The molecule has 1 fully saturated rings. The summed E-state index contributed by atoms with van der Waals surface area (Å²) in [5, 5.41) is 1.37. The summed E-state index contributed by atoms with van der Waals surface area (Å²) in [5.41, 5.74) is 4.37. The molecule has 4 heteroatoms. The van der Waals surface area contributed by atoms with Crippen molar-refractivity contribution < 1.29 is 0 Å². The Morgan fingerprint density at radius 3 is 2.58 bits per heavy atom. The second-order valence-electron chi connectivity index (χ2n) is 5.47. The maximum absolute atomic E-state index is 6.43. The molecule has 0 unspecified atom stereocenters. The van der Waals surface area contributed by atoms with Gasteiger partial charge in [0, 0.05) is 25.1 Å². The predicted octanol–water partition coefficient (Wildman–Crippen LogP) is 5.03. The van der Waals surface area contributed by atoms with Gasteiger partial charge in [0.05, 0.1) is 15.7 Å². The van der Waals surface area contributed by atoms with Crippen LogP contribution >= 0.6 is 23.2 Å². The predicted molar refractivity (Wildman–Crippen MR) is 81.9 cm³/mol. The molecule has 0 atom stereocenters. The smallest absolute Gasteiger partial charge is 0.105 e. The summed E-state index contributed by atoms with van der Waals surface area (Å²) < 4.78 is 0. The van der Waals surface area contributed by atoms with Gasteiger partial charge in [0.1, 0.15) is 5.84 Å². The Morgan fingerprint density at radius 2 is 1.79 bits per heavy atom. The minimum atomic E-state index is 0.686. The SMILES string of the molecule is Cc1c(C)c2c(c(Cl)c1Cl)CN1CCCCCC1=N2.